The van der Waals surface area contributed by atoms with Crippen molar-refractivity contribution in [3.05, 3.63) is 33.3 Å². The van der Waals surface area contributed by atoms with Crippen molar-refractivity contribution in [3.63, 3.8) is 0 Å². The third-order valence-electron chi connectivity index (χ3n) is 3.69. The summed E-state index contributed by atoms with van der Waals surface area (Å²) in [6, 6.07) is 6.89. The van der Waals surface area contributed by atoms with E-state index in [1.807, 2.05) is 12.1 Å². The van der Waals surface area contributed by atoms with Crippen molar-refractivity contribution in [2.75, 3.05) is 13.6 Å². The molecule has 2 N–H and O–H groups in total. The van der Waals surface area contributed by atoms with Crippen LogP contribution in [0.1, 0.15) is 30.9 Å². The van der Waals surface area contributed by atoms with Crippen LogP contribution in [0.2, 0.25) is 5.02 Å². The maximum Gasteiger partial charge on any atom is 0.0481 e. The van der Waals surface area contributed by atoms with E-state index in [9.17, 15) is 0 Å². The molecule has 1 aromatic rings. The lowest BCUT2D eigenvalue weighted by Gasteiger charge is -2.40. The summed E-state index contributed by atoms with van der Waals surface area (Å²) in [4.78, 5) is 2.40. The predicted molar refractivity (Wildman–Crippen MR) is 76.3 cm³/mol. The molecule has 2 nitrogen and oxygen atoms in total. The Bertz CT molecular complexity index is 393. The van der Waals surface area contributed by atoms with E-state index in [1.165, 1.54) is 24.8 Å². The smallest absolute Gasteiger partial charge is 0.0481 e. The molecule has 0 amide bonds. The van der Waals surface area contributed by atoms with Gasteiger partial charge < -0.3 is 5.73 Å². The molecule has 1 saturated carbocycles. The molecule has 0 aromatic heterocycles. The molecule has 1 atom stereocenters. The van der Waals surface area contributed by atoms with E-state index in [1.54, 1.807) is 0 Å². The molecular weight excluding hydrogens is 300 g/mol. The lowest BCUT2D eigenvalue weighted by Crippen LogP contribution is -2.42. The summed E-state index contributed by atoms with van der Waals surface area (Å²) in [6.45, 7) is 0.632. The van der Waals surface area contributed by atoms with Gasteiger partial charge in [-0.15, -0.1) is 0 Å². The third-order valence-corrected chi connectivity index (χ3v) is 4.61. The maximum absolute atomic E-state index is 5.97. The summed E-state index contributed by atoms with van der Waals surface area (Å²) in [5.41, 5.74) is 7.16. The first-order valence-corrected chi connectivity index (χ1v) is 7.17. The molecule has 17 heavy (non-hydrogen) atoms. The molecule has 0 bridgehead atoms. The van der Waals surface area contributed by atoms with Crippen LogP contribution in [0, 0.1) is 0 Å². The van der Waals surface area contributed by atoms with Crippen molar-refractivity contribution >= 4 is 27.5 Å². The average Bonchev–Trinajstić information content (AvgIpc) is 2.19. The Morgan fingerprint density at radius 1 is 1.53 bits per heavy atom. The number of halogens is 2. The van der Waals surface area contributed by atoms with Gasteiger partial charge in [0.25, 0.3) is 0 Å². The van der Waals surface area contributed by atoms with Crippen molar-refractivity contribution in [2.24, 2.45) is 5.73 Å². The molecule has 0 heterocycles. The van der Waals surface area contributed by atoms with Crippen LogP contribution in [-0.2, 0) is 0 Å². The number of rotatable bonds is 4. The van der Waals surface area contributed by atoms with Crippen LogP contribution < -0.4 is 5.73 Å². The fraction of sp³-hybridized carbons (Fsp3) is 0.538. The van der Waals surface area contributed by atoms with Crippen molar-refractivity contribution in [2.45, 2.75) is 31.3 Å². The first-order valence-electron chi connectivity index (χ1n) is 6.00. The molecule has 0 saturated heterocycles. The highest BCUT2D eigenvalue weighted by atomic mass is 79.9. The van der Waals surface area contributed by atoms with Crippen LogP contribution in [0.3, 0.4) is 0 Å². The summed E-state index contributed by atoms with van der Waals surface area (Å²) in [6.07, 6.45) is 3.92. The van der Waals surface area contributed by atoms with Crippen LogP contribution in [0.15, 0.2) is 22.7 Å². The van der Waals surface area contributed by atoms with Crippen molar-refractivity contribution in [1.82, 2.24) is 4.90 Å². The minimum absolute atomic E-state index is 0.270. The molecule has 4 heteroatoms. The molecule has 1 unspecified atom stereocenters. The number of hydrogen-bond acceptors (Lipinski definition) is 2. The Morgan fingerprint density at radius 3 is 2.71 bits per heavy atom. The highest BCUT2D eigenvalue weighted by Gasteiger charge is 2.28. The quantitative estimate of drug-likeness (QED) is 0.919. The van der Waals surface area contributed by atoms with Crippen molar-refractivity contribution in [1.29, 1.82) is 0 Å². The summed E-state index contributed by atoms with van der Waals surface area (Å²) in [7, 11) is 2.17. The summed E-state index contributed by atoms with van der Waals surface area (Å²) in [5, 5.41) is 0.752. The van der Waals surface area contributed by atoms with Gasteiger partial charge in [-0.2, -0.15) is 0 Å². The molecule has 1 aliphatic carbocycles. The van der Waals surface area contributed by atoms with Gasteiger partial charge in [0.15, 0.2) is 0 Å². The van der Waals surface area contributed by atoms with Crippen LogP contribution in [-0.4, -0.2) is 24.5 Å². The van der Waals surface area contributed by atoms with Crippen LogP contribution in [0.4, 0.5) is 0 Å². The van der Waals surface area contributed by atoms with Crippen LogP contribution in [0.5, 0.6) is 0 Å². The van der Waals surface area contributed by atoms with Gasteiger partial charge in [0.05, 0.1) is 0 Å². The molecule has 0 spiro atoms. The molecule has 1 aliphatic rings. The summed E-state index contributed by atoms with van der Waals surface area (Å²) in [5.74, 6) is 0. The first-order chi connectivity index (χ1) is 8.13. The highest BCUT2D eigenvalue weighted by molar-refractivity contribution is 9.10. The summed E-state index contributed by atoms with van der Waals surface area (Å²) >= 11 is 9.55. The van der Waals surface area contributed by atoms with Crippen molar-refractivity contribution < 1.29 is 0 Å². The Labute approximate surface area is 116 Å². The lowest BCUT2D eigenvalue weighted by atomic mass is 9.89. The minimum Gasteiger partial charge on any atom is -0.329 e. The minimum atomic E-state index is 0.270. The second-order valence-electron chi connectivity index (χ2n) is 4.67. The van der Waals surface area contributed by atoms with Gasteiger partial charge in [-0.3, -0.25) is 4.90 Å². The normalized spacial score (nSPS) is 18.2. The SMILES string of the molecule is CN(C1CCC1)C(CN)c1ccc(Cl)cc1Br. The Hall–Kier alpha value is -0.0900. The summed E-state index contributed by atoms with van der Waals surface area (Å²) < 4.78 is 1.05. The molecule has 1 aromatic carbocycles. The zero-order valence-corrected chi connectivity index (χ0v) is 12.3. The van der Waals surface area contributed by atoms with E-state index in [4.69, 9.17) is 17.3 Å². The number of benzene rings is 1. The first kappa shape index (κ1) is 13.3. The predicted octanol–water partition coefficient (Wildman–Crippen LogP) is 3.59. The molecule has 2 rings (SSSR count). The van der Waals surface area contributed by atoms with Gasteiger partial charge in [0.1, 0.15) is 0 Å². The van der Waals surface area contributed by atoms with E-state index in [-0.39, 0.29) is 6.04 Å². The molecule has 0 aliphatic heterocycles. The van der Waals surface area contributed by atoms with Crippen molar-refractivity contribution in [3.8, 4) is 0 Å². The monoisotopic (exact) mass is 316 g/mol. The molecular formula is C13H18BrClN2. The molecule has 1 fully saturated rings. The zero-order chi connectivity index (χ0) is 12.4. The van der Waals surface area contributed by atoms with E-state index < -0.39 is 0 Å². The number of nitrogens with two attached hydrogens (primary N) is 1. The van der Waals surface area contributed by atoms with Gasteiger partial charge in [0.2, 0.25) is 0 Å². The van der Waals surface area contributed by atoms with Crippen LogP contribution >= 0.6 is 27.5 Å². The van der Waals surface area contributed by atoms with E-state index in [2.05, 4.69) is 33.9 Å². The standard InChI is InChI=1S/C13H18BrClN2/c1-17(10-3-2-4-10)13(8-16)11-6-5-9(15)7-12(11)14/h5-7,10,13H,2-4,8,16H2,1H3. The van der Waals surface area contributed by atoms with Gasteiger partial charge in [-0.1, -0.05) is 40.0 Å². The maximum atomic E-state index is 5.97. The largest absolute Gasteiger partial charge is 0.329 e. The fourth-order valence-electron chi connectivity index (χ4n) is 2.33. The van der Waals surface area contributed by atoms with Gasteiger partial charge in [-0.05, 0) is 37.6 Å². The number of hydrogen-bond donors (Lipinski definition) is 1. The second kappa shape index (κ2) is 5.70. The lowest BCUT2D eigenvalue weighted by molar-refractivity contribution is 0.113. The third kappa shape index (κ3) is 2.84. The Kier molecular flexibility index (Phi) is 4.47. The Balaban J connectivity index is 2.21. The Morgan fingerprint density at radius 2 is 2.24 bits per heavy atom. The van der Waals surface area contributed by atoms with E-state index >= 15 is 0 Å². The topological polar surface area (TPSA) is 29.3 Å². The van der Waals surface area contributed by atoms with Gasteiger partial charge in [-0.25, -0.2) is 0 Å². The molecule has 94 valence electrons. The zero-order valence-electron chi connectivity index (χ0n) is 10.00. The number of likely N-dealkylation sites (N-methyl/N-ethyl adjacent to an activating group) is 1. The van der Waals surface area contributed by atoms with Crippen LogP contribution in [0.25, 0.3) is 0 Å². The van der Waals surface area contributed by atoms with Gasteiger partial charge >= 0.3 is 0 Å². The second-order valence-corrected chi connectivity index (χ2v) is 5.96. The fourth-order valence-corrected chi connectivity index (χ4v) is 3.28. The molecule has 0 radical (unpaired) electrons. The van der Waals surface area contributed by atoms with E-state index in [0.717, 1.165) is 9.50 Å². The average molecular weight is 318 g/mol. The van der Waals surface area contributed by atoms with E-state index in [0.29, 0.717) is 12.6 Å². The van der Waals surface area contributed by atoms with Gasteiger partial charge in [0, 0.05) is 28.1 Å². The highest BCUT2D eigenvalue weighted by Crippen LogP contribution is 2.34. The number of nitrogens with zero attached hydrogens (tertiary/aromatic N) is 1.